The van der Waals surface area contributed by atoms with Gasteiger partial charge in [-0.15, -0.1) is 0 Å². The van der Waals surface area contributed by atoms with E-state index in [-0.39, 0.29) is 5.69 Å². The molecular weight excluding hydrogens is 320 g/mol. The van der Waals surface area contributed by atoms with E-state index in [1.165, 1.54) is 12.1 Å². The van der Waals surface area contributed by atoms with Crippen molar-refractivity contribution >= 4 is 27.5 Å². The molecule has 0 atom stereocenters. The Morgan fingerprint density at radius 3 is 2.56 bits per heavy atom. The number of para-hydroxylation sites is 1. The Kier molecular flexibility index (Phi) is 4.94. The lowest BCUT2D eigenvalue weighted by Crippen LogP contribution is -2.37. The van der Waals surface area contributed by atoms with E-state index in [1.54, 1.807) is 11.4 Å². The highest BCUT2D eigenvalue weighted by molar-refractivity contribution is 9.10. The molecule has 3 nitrogen and oxygen atoms in total. The van der Waals surface area contributed by atoms with Crippen molar-refractivity contribution in [3.8, 4) is 0 Å². The number of anilines is 1. The van der Waals surface area contributed by atoms with Gasteiger partial charge in [-0.25, -0.2) is 4.39 Å². The third-order valence-electron chi connectivity index (χ3n) is 1.87. The van der Waals surface area contributed by atoms with Crippen LogP contribution in [0.15, 0.2) is 22.7 Å². The van der Waals surface area contributed by atoms with Crippen LogP contribution >= 0.6 is 15.9 Å². The van der Waals surface area contributed by atoms with Gasteiger partial charge in [-0.1, -0.05) is 6.07 Å². The Bertz CT molecular complexity index is 416. The van der Waals surface area contributed by atoms with Crippen LogP contribution in [0.3, 0.4) is 0 Å². The van der Waals surface area contributed by atoms with E-state index in [2.05, 4.69) is 21.2 Å². The zero-order chi connectivity index (χ0) is 13.8. The predicted octanol–water partition coefficient (Wildman–Crippen LogP) is 2.68. The Hall–Kier alpha value is -1.31. The number of halogens is 5. The molecule has 1 aromatic carbocycles. The highest BCUT2D eigenvalue weighted by Gasteiger charge is 2.27. The maximum Gasteiger partial charge on any atom is 0.405 e. The van der Waals surface area contributed by atoms with Gasteiger partial charge < -0.3 is 10.6 Å². The lowest BCUT2D eigenvalue weighted by atomic mass is 10.3. The molecule has 0 aromatic heterocycles. The quantitative estimate of drug-likeness (QED) is 0.834. The van der Waals surface area contributed by atoms with Crippen LogP contribution in [0.1, 0.15) is 0 Å². The largest absolute Gasteiger partial charge is 0.405 e. The van der Waals surface area contributed by atoms with E-state index in [9.17, 15) is 22.4 Å². The molecule has 0 aliphatic carbocycles. The topological polar surface area (TPSA) is 41.1 Å². The summed E-state index contributed by atoms with van der Waals surface area (Å²) >= 11 is 3.05. The van der Waals surface area contributed by atoms with Gasteiger partial charge in [-0.05, 0) is 28.1 Å². The minimum Gasteiger partial charge on any atom is -0.373 e. The second-order valence-corrected chi connectivity index (χ2v) is 4.20. The number of benzene rings is 1. The summed E-state index contributed by atoms with van der Waals surface area (Å²) < 4.78 is 49.1. The van der Waals surface area contributed by atoms with E-state index < -0.39 is 31.0 Å². The number of alkyl halides is 3. The van der Waals surface area contributed by atoms with Crippen LogP contribution in [0.4, 0.5) is 23.2 Å². The number of carbonyl (C=O) groups is 1. The van der Waals surface area contributed by atoms with E-state index in [4.69, 9.17) is 0 Å². The van der Waals surface area contributed by atoms with Crippen molar-refractivity contribution in [2.45, 2.75) is 6.18 Å². The van der Waals surface area contributed by atoms with Crippen molar-refractivity contribution < 1.29 is 22.4 Å². The van der Waals surface area contributed by atoms with Crippen molar-refractivity contribution in [3.63, 3.8) is 0 Å². The minimum atomic E-state index is -4.46. The summed E-state index contributed by atoms with van der Waals surface area (Å²) in [5.41, 5.74) is 0.0275. The first kappa shape index (κ1) is 14.7. The highest BCUT2D eigenvalue weighted by Crippen LogP contribution is 2.24. The van der Waals surface area contributed by atoms with Gasteiger partial charge in [-0.2, -0.15) is 13.2 Å². The molecule has 0 bridgehead atoms. The zero-order valence-corrected chi connectivity index (χ0v) is 10.5. The van der Waals surface area contributed by atoms with Crippen LogP contribution in [0.2, 0.25) is 0 Å². The number of nitrogens with one attached hydrogen (secondary N) is 2. The van der Waals surface area contributed by atoms with E-state index in [1.807, 2.05) is 0 Å². The predicted molar refractivity (Wildman–Crippen MR) is 61.7 cm³/mol. The van der Waals surface area contributed by atoms with Crippen LogP contribution in [0, 0.1) is 5.82 Å². The maximum atomic E-state index is 13.3. The Labute approximate surface area is 109 Å². The molecule has 0 radical (unpaired) electrons. The third kappa shape index (κ3) is 4.91. The first-order chi connectivity index (χ1) is 8.29. The van der Waals surface area contributed by atoms with Crippen molar-refractivity contribution in [1.82, 2.24) is 5.32 Å². The standard InChI is InChI=1S/C10H9BrF4N2O/c11-6-2-1-3-7(12)9(6)16-4-8(18)17-5-10(13,14)15/h1-3,16H,4-5H2,(H,17,18). The molecule has 0 unspecified atom stereocenters. The van der Waals surface area contributed by atoms with Gasteiger partial charge >= 0.3 is 6.18 Å². The molecule has 0 aliphatic rings. The third-order valence-corrected chi connectivity index (χ3v) is 2.54. The molecular formula is C10H9BrF4N2O. The van der Waals surface area contributed by atoms with E-state index in [0.29, 0.717) is 4.47 Å². The molecule has 0 saturated carbocycles. The molecule has 2 N–H and O–H groups in total. The molecule has 100 valence electrons. The summed E-state index contributed by atoms with van der Waals surface area (Å²) in [5.74, 6) is -1.48. The SMILES string of the molecule is O=C(CNc1c(F)cccc1Br)NCC(F)(F)F. The number of hydrogen-bond donors (Lipinski definition) is 2. The Morgan fingerprint density at radius 1 is 1.33 bits per heavy atom. The fraction of sp³-hybridized carbons (Fsp3) is 0.300. The summed E-state index contributed by atoms with van der Waals surface area (Å²) in [5, 5.41) is 4.08. The monoisotopic (exact) mass is 328 g/mol. The fourth-order valence-corrected chi connectivity index (χ4v) is 1.58. The average Bonchev–Trinajstić information content (AvgIpc) is 2.25. The zero-order valence-electron chi connectivity index (χ0n) is 8.94. The smallest absolute Gasteiger partial charge is 0.373 e. The van der Waals surface area contributed by atoms with Crippen molar-refractivity contribution in [2.75, 3.05) is 18.4 Å². The molecule has 1 amide bonds. The lowest BCUT2D eigenvalue weighted by Gasteiger charge is -2.11. The summed E-state index contributed by atoms with van der Waals surface area (Å²) in [4.78, 5) is 11.1. The van der Waals surface area contributed by atoms with Gasteiger partial charge in [0.05, 0.1) is 12.2 Å². The molecule has 0 saturated heterocycles. The van der Waals surface area contributed by atoms with Crippen LogP contribution < -0.4 is 10.6 Å². The van der Waals surface area contributed by atoms with Crippen molar-refractivity contribution in [1.29, 1.82) is 0 Å². The van der Waals surface area contributed by atoms with E-state index >= 15 is 0 Å². The molecule has 8 heteroatoms. The molecule has 0 spiro atoms. The average molecular weight is 329 g/mol. The second-order valence-electron chi connectivity index (χ2n) is 3.34. The summed E-state index contributed by atoms with van der Waals surface area (Å²) in [6, 6.07) is 4.16. The van der Waals surface area contributed by atoms with Gasteiger partial charge in [-0.3, -0.25) is 4.79 Å². The first-order valence-electron chi connectivity index (χ1n) is 4.81. The van der Waals surface area contributed by atoms with Gasteiger partial charge in [0.1, 0.15) is 12.4 Å². The number of hydrogen-bond acceptors (Lipinski definition) is 2. The van der Waals surface area contributed by atoms with Gasteiger partial charge in [0, 0.05) is 4.47 Å². The molecule has 1 aromatic rings. The summed E-state index contributed by atoms with van der Waals surface area (Å²) in [6.07, 6.45) is -4.46. The fourth-order valence-electron chi connectivity index (χ4n) is 1.10. The van der Waals surface area contributed by atoms with Gasteiger partial charge in [0.25, 0.3) is 0 Å². The highest BCUT2D eigenvalue weighted by atomic mass is 79.9. The number of rotatable bonds is 4. The number of carbonyl (C=O) groups excluding carboxylic acids is 1. The number of amides is 1. The van der Waals surface area contributed by atoms with Gasteiger partial charge in [0.2, 0.25) is 5.91 Å². The van der Waals surface area contributed by atoms with Crippen LogP contribution in [-0.2, 0) is 4.79 Å². The van der Waals surface area contributed by atoms with Crippen LogP contribution in [0.5, 0.6) is 0 Å². The van der Waals surface area contributed by atoms with Crippen molar-refractivity contribution in [3.05, 3.63) is 28.5 Å². The van der Waals surface area contributed by atoms with Gasteiger partial charge in [0.15, 0.2) is 0 Å². The Balaban J connectivity index is 2.48. The molecule has 0 aliphatic heterocycles. The van der Waals surface area contributed by atoms with Crippen LogP contribution in [0.25, 0.3) is 0 Å². The van der Waals surface area contributed by atoms with E-state index in [0.717, 1.165) is 0 Å². The summed E-state index contributed by atoms with van der Waals surface area (Å²) in [7, 11) is 0. The van der Waals surface area contributed by atoms with Crippen LogP contribution in [-0.4, -0.2) is 25.2 Å². The normalized spacial score (nSPS) is 11.2. The second kappa shape index (κ2) is 6.03. The Morgan fingerprint density at radius 2 is 2.00 bits per heavy atom. The lowest BCUT2D eigenvalue weighted by molar-refractivity contribution is -0.137. The minimum absolute atomic E-state index is 0.0275. The maximum absolute atomic E-state index is 13.3. The van der Waals surface area contributed by atoms with Crippen molar-refractivity contribution in [2.24, 2.45) is 0 Å². The first-order valence-corrected chi connectivity index (χ1v) is 5.60. The molecule has 18 heavy (non-hydrogen) atoms. The summed E-state index contributed by atoms with van der Waals surface area (Å²) in [6.45, 7) is -1.86. The molecule has 1 rings (SSSR count). The molecule has 0 heterocycles. The molecule has 0 fully saturated rings.